The number of ether oxygens (including phenoxy) is 1. The van der Waals surface area contributed by atoms with Crippen LogP contribution in [0.5, 0.6) is 0 Å². The SMILES string of the molecule is CCOC(=O)[C@H](Cc1ccccc1)NS(=O)(=O)c1cccc(-n2cnnn2)c1. The molecule has 1 aromatic heterocycles. The number of benzene rings is 2. The average Bonchev–Trinajstić information content (AvgIpc) is 3.23. The molecule has 3 rings (SSSR count). The first kappa shape index (κ1) is 19.6. The number of rotatable bonds is 8. The minimum absolute atomic E-state index is 0.0112. The van der Waals surface area contributed by atoms with Crippen LogP contribution in [0.1, 0.15) is 12.5 Å². The molecular formula is C18H19N5O4S. The molecule has 0 spiro atoms. The van der Waals surface area contributed by atoms with Gasteiger partial charge in [0.15, 0.2) is 0 Å². The first-order valence-corrected chi connectivity index (χ1v) is 10.0. The molecule has 0 saturated carbocycles. The van der Waals surface area contributed by atoms with Crippen molar-refractivity contribution in [3.63, 3.8) is 0 Å². The highest BCUT2D eigenvalue weighted by Gasteiger charge is 2.27. The second kappa shape index (κ2) is 8.72. The van der Waals surface area contributed by atoms with Crippen LogP contribution in [0.3, 0.4) is 0 Å². The maximum absolute atomic E-state index is 12.9. The van der Waals surface area contributed by atoms with Gasteiger partial charge in [-0.15, -0.1) is 5.10 Å². The van der Waals surface area contributed by atoms with Gasteiger partial charge in [-0.25, -0.2) is 13.1 Å². The van der Waals surface area contributed by atoms with Gasteiger partial charge < -0.3 is 4.74 Å². The third-order valence-corrected chi connectivity index (χ3v) is 5.36. The summed E-state index contributed by atoms with van der Waals surface area (Å²) in [4.78, 5) is 12.3. The Balaban J connectivity index is 1.86. The van der Waals surface area contributed by atoms with Gasteiger partial charge in [0, 0.05) is 0 Å². The molecule has 0 fully saturated rings. The Morgan fingerprint density at radius 3 is 2.64 bits per heavy atom. The predicted molar refractivity (Wildman–Crippen MR) is 100 cm³/mol. The number of carbonyl (C=O) groups is 1. The number of nitrogens with zero attached hydrogens (tertiary/aromatic N) is 4. The Labute approximate surface area is 162 Å². The fraction of sp³-hybridized carbons (Fsp3) is 0.222. The van der Waals surface area contributed by atoms with Crippen molar-refractivity contribution in [3.8, 4) is 5.69 Å². The molecule has 0 amide bonds. The van der Waals surface area contributed by atoms with Crippen molar-refractivity contribution in [1.82, 2.24) is 24.9 Å². The van der Waals surface area contributed by atoms with Crippen LogP contribution in [0.4, 0.5) is 0 Å². The van der Waals surface area contributed by atoms with Crippen LogP contribution in [0.15, 0.2) is 65.8 Å². The molecule has 0 saturated heterocycles. The fourth-order valence-corrected chi connectivity index (χ4v) is 3.82. The zero-order chi connectivity index (χ0) is 20.0. The van der Waals surface area contributed by atoms with Crippen LogP contribution in [0.2, 0.25) is 0 Å². The van der Waals surface area contributed by atoms with Crippen LogP contribution in [-0.4, -0.2) is 47.2 Å². The van der Waals surface area contributed by atoms with Crippen molar-refractivity contribution >= 4 is 16.0 Å². The molecule has 0 aliphatic heterocycles. The van der Waals surface area contributed by atoms with E-state index in [0.29, 0.717) is 5.69 Å². The number of tetrazole rings is 1. The van der Waals surface area contributed by atoms with Gasteiger partial charge >= 0.3 is 5.97 Å². The van der Waals surface area contributed by atoms with Crippen LogP contribution in [0.25, 0.3) is 5.69 Å². The third kappa shape index (κ3) is 4.78. The van der Waals surface area contributed by atoms with E-state index < -0.39 is 22.0 Å². The summed E-state index contributed by atoms with van der Waals surface area (Å²) in [5.41, 5.74) is 1.29. The summed E-state index contributed by atoms with van der Waals surface area (Å²) in [7, 11) is -3.99. The summed E-state index contributed by atoms with van der Waals surface area (Å²) in [6.45, 7) is 1.82. The van der Waals surface area contributed by atoms with Gasteiger partial charge in [0.05, 0.1) is 17.2 Å². The third-order valence-electron chi connectivity index (χ3n) is 3.89. The molecule has 10 heteroatoms. The monoisotopic (exact) mass is 401 g/mol. The highest BCUT2D eigenvalue weighted by atomic mass is 32.2. The first-order chi connectivity index (χ1) is 13.5. The van der Waals surface area contributed by atoms with Crippen molar-refractivity contribution in [3.05, 3.63) is 66.5 Å². The van der Waals surface area contributed by atoms with Gasteiger partial charge in [-0.05, 0) is 47.5 Å². The van der Waals surface area contributed by atoms with E-state index in [1.807, 2.05) is 30.3 Å². The Bertz CT molecular complexity index is 1020. The van der Waals surface area contributed by atoms with E-state index in [1.54, 1.807) is 19.1 Å². The van der Waals surface area contributed by atoms with E-state index in [1.165, 1.54) is 23.1 Å². The van der Waals surface area contributed by atoms with Gasteiger partial charge in [0.1, 0.15) is 12.4 Å². The minimum Gasteiger partial charge on any atom is -0.465 e. The quantitative estimate of drug-likeness (QED) is 0.562. The van der Waals surface area contributed by atoms with Crippen molar-refractivity contribution < 1.29 is 17.9 Å². The van der Waals surface area contributed by atoms with Crippen LogP contribution in [-0.2, 0) is 26.0 Å². The number of nitrogens with one attached hydrogen (secondary N) is 1. The molecule has 1 atom stereocenters. The molecule has 28 heavy (non-hydrogen) atoms. The summed E-state index contributed by atoms with van der Waals surface area (Å²) in [6, 6.07) is 14.2. The topological polar surface area (TPSA) is 116 Å². The van der Waals surface area contributed by atoms with Gasteiger partial charge in [-0.3, -0.25) is 4.79 Å². The van der Waals surface area contributed by atoms with Crippen molar-refractivity contribution in [2.45, 2.75) is 24.3 Å². The van der Waals surface area contributed by atoms with Crippen LogP contribution >= 0.6 is 0 Å². The summed E-state index contributed by atoms with van der Waals surface area (Å²) in [5.74, 6) is -0.633. The lowest BCUT2D eigenvalue weighted by Crippen LogP contribution is -2.43. The van der Waals surface area contributed by atoms with Gasteiger partial charge in [-0.1, -0.05) is 36.4 Å². The van der Waals surface area contributed by atoms with E-state index in [-0.39, 0.29) is 17.9 Å². The Hall–Kier alpha value is -3.11. The summed E-state index contributed by atoms with van der Waals surface area (Å²) in [6.07, 6.45) is 1.53. The molecule has 0 bridgehead atoms. The number of carbonyl (C=O) groups excluding carboxylic acids is 1. The first-order valence-electron chi connectivity index (χ1n) is 8.56. The van der Waals surface area contributed by atoms with Gasteiger partial charge in [-0.2, -0.15) is 4.72 Å². The van der Waals surface area contributed by atoms with Crippen molar-refractivity contribution in [2.24, 2.45) is 0 Å². The molecule has 0 aliphatic carbocycles. The largest absolute Gasteiger partial charge is 0.465 e. The Kier molecular flexibility index (Phi) is 6.12. The van der Waals surface area contributed by atoms with Crippen LogP contribution in [0, 0.1) is 0 Å². The average molecular weight is 401 g/mol. The smallest absolute Gasteiger partial charge is 0.324 e. The molecule has 1 heterocycles. The second-order valence-corrected chi connectivity index (χ2v) is 7.58. The predicted octanol–water partition coefficient (Wildman–Crippen LogP) is 1.11. The molecule has 1 N–H and O–H groups in total. The van der Waals surface area contributed by atoms with E-state index in [9.17, 15) is 13.2 Å². The lowest BCUT2D eigenvalue weighted by Gasteiger charge is -2.18. The van der Waals surface area contributed by atoms with Crippen molar-refractivity contribution in [1.29, 1.82) is 0 Å². The summed E-state index contributed by atoms with van der Waals surface area (Å²) >= 11 is 0. The fourth-order valence-electron chi connectivity index (χ4n) is 2.59. The maximum atomic E-state index is 12.9. The highest BCUT2D eigenvalue weighted by Crippen LogP contribution is 2.15. The molecule has 0 unspecified atom stereocenters. The zero-order valence-corrected chi connectivity index (χ0v) is 15.9. The highest BCUT2D eigenvalue weighted by molar-refractivity contribution is 7.89. The Morgan fingerprint density at radius 1 is 1.18 bits per heavy atom. The standard InChI is InChI=1S/C18H19N5O4S/c1-2-27-18(24)17(11-14-7-4-3-5-8-14)20-28(25,26)16-10-6-9-15(12-16)23-13-19-21-22-23/h3-10,12-13,17,20H,2,11H2,1H3/t17-/m0/s1. The normalized spacial score (nSPS) is 12.5. The lowest BCUT2D eigenvalue weighted by molar-refractivity contribution is -0.145. The van der Waals surface area contributed by atoms with Gasteiger partial charge in [0.25, 0.3) is 0 Å². The maximum Gasteiger partial charge on any atom is 0.324 e. The molecule has 9 nitrogen and oxygen atoms in total. The molecule has 0 radical (unpaired) electrons. The van der Waals surface area contributed by atoms with Gasteiger partial charge in [0.2, 0.25) is 10.0 Å². The number of esters is 1. The summed E-state index contributed by atoms with van der Waals surface area (Å²) < 4.78 is 34.6. The molecule has 3 aromatic rings. The minimum atomic E-state index is -3.99. The van der Waals surface area contributed by atoms with Crippen molar-refractivity contribution in [2.75, 3.05) is 6.61 Å². The number of sulfonamides is 1. The second-order valence-electron chi connectivity index (χ2n) is 5.87. The number of aromatic nitrogens is 4. The number of hydrogen-bond donors (Lipinski definition) is 1. The van der Waals surface area contributed by atoms with Crippen LogP contribution < -0.4 is 4.72 Å². The molecule has 146 valence electrons. The Morgan fingerprint density at radius 2 is 1.96 bits per heavy atom. The molecule has 2 aromatic carbocycles. The molecular weight excluding hydrogens is 382 g/mol. The summed E-state index contributed by atoms with van der Waals surface area (Å²) in [5, 5.41) is 10.8. The van der Waals surface area contributed by atoms with E-state index in [2.05, 4.69) is 20.2 Å². The zero-order valence-electron chi connectivity index (χ0n) is 15.1. The number of hydrogen-bond acceptors (Lipinski definition) is 7. The lowest BCUT2D eigenvalue weighted by atomic mass is 10.1. The molecule has 0 aliphatic rings. The van der Waals surface area contributed by atoms with E-state index in [4.69, 9.17) is 4.74 Å². The van der Waals surface area contributed by atoms with E-state index in [0.717, 1.165) is 5.56 Å². The van der Waals surface area contributed by atoms with E-state index >= 15 is 0 Å².